The van der Waals surface area contributed by atoms with Crippen LogP contribution in [-0.4, -0.2) is 47.0 Å². The summed E-state index contributed by atoms with van der Waals surface area (Å²) in [6.07, 6.45) is 3.68. The molecule has 102 valence electrons. The standard InChI is InChI=1S/C12H15N3O3S/c16-9-3-6-15(7-4-9)19(17,18)11-8-14-12-10(11)2-1-5-13-12/h1-2,5,8-9,16H,3-4,6-7H2,(H,13,14). The second kappa shape index (κ2) is 4.59. The molecular formula is C12H15N3O3S. The van der Waals surface area contributed by atoms with E-state index >= 15 is 0 Å². The molecule has 0 unspecified atom stereocenters. The lowest BCUT2D eigenvalue weighted by Crippen LogP contribution is -2.39. The number of nitrogens with one attached hydrogen (secondary N) is 1. The summed E-state index contributed by atoms with van der Waals surface area (Å²) in [5, 5.41) is 10.1. The van der Waals surface area contributed by atoms with Gasteiger partial charge in [0.15, 0.2) is 0 Å². The van der Waals surface area contributed by atoms with Crippen molar-refractivity contribution in [3.63, 3.8) is 0 Å². The van der Waals surface area contributed by atoms with Crippen molar-refractivity contribution in [2.45, 2.75) is 23.8 Å². The third-order valence-corrected chi connectivity index (χ3v) is 5.39. The fourth-order valence-corrected chi connectivity index (χ4v) is 3.99. The molecule has 1 aliphatic heterocycles. The largest absolute Gasteiger partial charge is 0.393 e. The SMILES string of the molecule is O=S(=O)(c1c[nH]c2ncccc12)N1CCC(O)CC1. The van der Waals surface area contributed by atoms with Crippen LogP contribution in [0.5, 0.6) is 0 Å². The van der Waals surface area contributed by atoms with Gasteiger partial charge in [-0.05, 0) is 25.0 Å². The van der Waals surface area contributed by atoms with Crippen molar-refractivity contribution in [1.29, 1.82) is 0 Å². The van der Waals surface area contributed by atoms with E-state index in [0.29, 0.717) is 37.0 Å². The number of hydrogen-bond donors (Lipinski definition) is 2. The van der Waals surface area contributed by atoms with Crippen LogP contribution in [0.15, 0.2) is 29.4 Å². The zero-order chi connectivity index (χ0) is 13.5. The maximum Gasteiger partial charge on any atom is 0.245 e. The number of H-pyrrole nitrogens is 1. The van der Waals surface area contributed by atoms with Crippen molar-refractivity contribution in [2.75, 3.05) is 13.1 Å². The number of aromatic nitrogens is 2. The molecule has 1 aliphatic rings. The highest BCUT2D eigenvalue weighted by atomic mass is 32.2. The normalized spacial score (nSPS) is 19.0. The van der Waals surface area contributed by atoms with Gasteiger partial charge in [-0.1, -0.05) is 0 Å². The Morgan fingerprint density at radius 2 is 2.11 bits per heavy atom. The molecule has 0 atom stereocenters. The smallest absolute Gasteiger partial charge is 0.245 e. The molecule has 3 rings (SSSR count). The van der Waals surface area contributed by atoms with Gasteiger partial charge in [0.2, 0.25) is 10.0 Å². The minimum absolute atomic E-state index is 0.256. The van der Waals surface area contributed by atoms with E-state index < -0.39 is 16.1 Å². The molecule has 0 radical (unpaired) electrons. The van der Waals surface area contributed by atoms with Gasteiger partial charge in [0, 0.05) is 30.9 Å². The Morgan fingerprint density at radius 1 is 1.37 bits per heavy atom. The van der Waals surface area contributed by atoms with Gasteiger partial charge in [-0.15, -0.1) is 0 Å². The number of piperidine rings is 1. The van der Waals surface area contributed by atoms with E-state index in [2.05, 4.69) is 9.97 Å². The molecule has 2 aromatic heterocycles. The Balaban J connectivity index is 2.00. The minimum Gasteiger partial charge on any atom is -0.393 e. The summed E-state index contributed by atoms with van der Waals surface area (Å²) in [6.45, 7) is 0.715. The predicted octanol–water partition coefficient (Wildman–Crippen LogP) is 0.708. The number of fused-ring (bicyclic) bond motifs is 1. The summed E-state index contributed by atoms with van der Waals surface area (Å²) in [7, 11) is -3.52. The van der Waals surface area contributed by atoms with E-state index in [1.807, 2.05) is 0 Å². The summed E-state index contributed by atoms with van der Waals surface area (Å²) >= 11 is 0. The third-order valence-electron chi connectivity index (χ3n) is 3.45. The lowest BCUT2D eigenvalue weighted by molar-refractivity contribution is 0.113. The average molecular weight is 281 g/mol. The molecule has 19 heavy (non-hydrogen) atoms. The second-order valence-corrected chi connectivity index (χ2v) is 6.59. The molecule has 7 heteroatoms. The molecule has 2 aromatic rings. The van der Waals surface area contributed by atoms with Crippen molar-refractivity contribution in [3.05, 3.63) is 24.5 Å². The molecule has 0 saturated carbocycles. The van der Waals surface area contributed by atoms with E-state index in [9.17, 15) is 13.5 Å². The number of aliphatic hydroxyl groups excluding tert-OH is 1. The van der Waals surface area contributed by atoms with Crippen molar-refractivity contribution < 1.29 is 13.5 Å². The number of pyridine rings is 1. The van der Waals surface area contributed by atoms with Crippen LogP contribution < -0.4 is 0 Å². The second-order valence-electron chi connectivity index (χ2n) is 4.69. The first-order valence-corrected chi connectivity index (χ1v) is 7.63. The summed E-state index contributed by atoms with van der Waals surface area (Å²) in [4.78, 5) is 7.23. The van der Waals surface area contributed by atoms with Crippen LogP contribution in [0.4, 0.5) is 0 Å². The van der Waals surface area contributed by atoms with Crippen molar-refractivity contribution in [3.8, 4) is 0 Å². The van der Waals surface area contributed by atoms with Gasteiger partial charge in [0.25, 0.3) is 0 Å². The Hall–Kier alpha value is -1.44. The zero-order valence-corrected chi connectivity index (χ0v) is 11.1. The molecule has 2 N–H and O–H groups in total. The number of hydrogen-bond acceptors (Lipinski definition) is 4. The monoisotopic (exact) mass is 281 g/mol. The highest BCUT2D eigenvalue weighted by Gasteiger charge is 2.30. The van der Waals surface area contributed by atoms with E-state index in [4.69, 9.17) is 0 Å². The van der Waals surface area contributed by atoms with Crippen molar-refractivity contribution in [2.24, 2.45) is 0 Å². The number of rotatable bonds is 2. The first kappa shape index (κ1) is 12.6. The number of nitrogens with zero attached hydrogens (tertiary/aromatic N) is 2. The molecule has 1 fully saturated rings. The molecular weight excluding hydrogens is 266 g/mol. The number of aliphatic hydroxyl groups is 1. The topological polar surface area (TPSA) is 86.3 Å². The minimum atomic E-state index is -3.52. The quantitative estimate of drug-likeness (QED) is 0.848. The molecule has 0 aromatic carbocycles. The summed E-state index contributed by atoms with van der Waals surface area (Å²) in [6, 6.07) is 3.46. The van der Waals surface area contributed by atoms with Gasteiger partial charge >= 0.3 is 0 Å². The van der Waals surface area contributed by atoms with Crippen LogP contribution in [0, 0.1) is 0 Å². The van der Waals surface area contributed by atoms with Gasteiger partial charge < -0.3 is 10.1 Å². The van der Waals surface area contributed by atoms with Crippen LogP contribution in [0.2, 0.25) is 0 Å². The van der Waals surface area contributed by atoms with Crippen LogP contribution in [0.25, 0.3) is 11.0 Å². The van der Waals surface area contributed by atoms with Gasteiger partial charge in [0.05, 0.1) is 6.10 Å². The van der Waals surface area contributed by atoms with Crippen molar-refractivity contribution in [1.82, 2.24) is 14.3 Å². The van der Waals surface area contributed by atoms with Crippen LogP contribution >= 0.6 is 0 Å². The van der Waals surface area contributed by atoms with Gasteiger partial charge in [-0.2, -0.15) is 4.31 Å². The molecule has 1 saturated heterocycles. The van der Waals surface area contributed by atoms with Gasteiger partial charge in [-0.25, -0.2) is 13.4 Å². The third kappa shape index (κ3) is 2.13. The van der Waals surface area contributed by atoms with E-state index in [1.54, 1.807) is 18.3 Å². The highest BCUT2D eigenvalue weighted by molar-refractivity contribution is 7.89. The Kier molecular flexibility index (Phi) is 3.04. The van der Waals surface area contributed by atoms with Crippen LogP contribution in [0.3, 0.4) is 0 Å². The summed E-state index contributed by atoms with van der Waals surface area (Å²) < 4.78 is 26.6. The van der Waals surface area contributed by atoms with Gasteiger partial charge in [-0.3, -0.25) is 0 Å². The predicted molar refractivity (Wildman–Crippen MR) is 70.1 cm³/mol. The van der Waals surface area contributed by atoms with Crippen LogP contribution in [-0.2, 0) is 10.0 Å². The summed E-state index contributed by atoms with van der Waals surface area (Å²) in [5.41, 5.74) is 0.568. The maximum atomic E-state index is 12.6. The highest BCUT2D eigenvalue weighted by Crippen LogP contribution is 2.26. The van der Waals surface area contributed by atoms with E-state index in [1.165, 1.54) is 10.5 Å². The van der Waals surface area contributed by atoms with E-state index in [0.717, 1.165) is 0 Å². The van der Waals surface area contributed by atoms with Crippen molar-refractivity contribution >= 4 is 21.1 Å². The average Bonchev–Trinajstić information content (AvgIpc) is 2.83. The molecule has 6 nitrogen and oxygen atoms in total. The Bertz CT molecular complexity index is 687. The van der Waals surface area contributed by atoms with Crippen LogP contribution in [0.1, 0.15) is 12.8 Å². The Labute approximate surface area is 111 Å². The lowest BCUT2D eigenvalue weighted by Gasteiger charge is -2.28. The maximum absolute atomic E-state index is 12.6. The van der Waals surface area contributed by atoms with E-state index in [-0.39, 0.29) is 4.90 Å². The molecule has 3 heterocycles. The number of aromatic amines is 1. The van der Waals surface area contributed by atoms with Gasteiger partial charge in [0.1, 0.15) is 10.5 Å². The molecule has 0 bridgehead atoms. The first-order chi connectivity index (χ1) is 9.09. The molecule has 0 spiro atoms. The fourth-order valence-electron chi connectivity index (χ4n) is 2.37. The lowest BCUT2D eigenvalue weighted by atomic mass is 10.1. The zero-order valence-electron chi connectivity index (χ0n) is 10.3. The number of sulfonamides is 1. The molecule has 0 amide bonds. The Morgan fingerprint density at radius 3 is 2.84 bits per heavy atom. The fraction of sp³-hybridized carbons (Fsp3) is 0.417. The summed E-state index contributed by atoms with van der Waals surface area (Å²) in [5.74, 6) is 0. The first-order valence-electron chi connectivity index (χ1n) is 6.19. The molecule has 0 aliphatic carbocycles.